The van der Waals surface area contributed by atoms with Crippen LogP contribution in [-0.2, 0) is 9.53 Å². The van der Waals surface area contributed by atoms with Gasteiger partial charge in [0, 0.05) is 12.3 Å². The third-order valence-corrected chi connectivity index (χ3v) is 8.05. The summed E-state index contributed by atoms with van der Waals surface area (Å²) >= 11 is 0. The van der Waals surface area contributed by atoms with Gasteiger partial charge in [0.25, 0.3) is 0 Å². The first-order chi connectivity index (χ1) is 11.5. The first-order valence-electron chi connectivity index (χ1n) is 9.87. The van der Waals surface area contributed by atoms with E-state index in [9.17, 15) is 4.79 Å². The third kappa shape index (κ3) is 2.13. The Morgan fingerprint density at radius 2 is 2.08 bits per heavy atom. The second-order valence-electron chi connectivity index (χ2n) is 8.85. The summed E-state index contributed by atoms with van der Waals surface area (Å²) in [5, 5.41) is 0. The minimum Gasteiger partial charge on any atom is -0.445 e. The molecule has 0 unspecified atom stereocenters. The fraction of sp³-hybridized carbons (Fsp3) is 0.773. The number of hydrogen-bond donors (Lipinski definition) is 0. The summed E-state index contributed by atoms with van der Waals surface area (Å²) in [6.07, 6.45) is 19.5. The van der Waals surface area contributed by atoms with Crippen LogP contribution in [0.5, 0.6) is 0 Å². The van der Waals surface area contributed by atoms with E-state index in [4.69, 9.17) is 11.2 Å². The number of esters is 1. The lowest BCUT2D eigenvalue weighted by molar-refractivity contribution is -0.167. The molecule has 6 atom stereocenters. The van der Waals surface area contributed by atoms with Gasteiger partial charge in [-0.15, -0.1) is 6.42 Å². The molecular formula is C22H30O2. The minimum absolute atomic E-state index is 0.0372. The number of terminal acetylenes is 1. The summed E-state index contributed by atoms with van der Waals surface area (Å²) in [5.41, 5.74) is 1.05. The molecule has 0 amide bonds. The van der Waals surface area contributed by atoms with Gasteiger partial charge >= 0.3 is 5.97 Å². The smallest absolute Gasteiger partial charge is 0.304 e. The van der Waals surface area contributed by atoms with Crippen molar-refractivity contribution >= 4 is 5.97 Å². The molecule has 0 aliphatic heterocycles. The van der Waals surface area contributed by atoms with Crippen molar-refractivity contribution in [1.29, 1.82) is 0 Å². The second-order valence-corrected chi connectivity index (χ2v) is 8.85. The van der Waals surface area contributed by atoms with Crippen LogP contribution >= 0.6 is 0 Å². The van der Waals surface area contributed by atoms with Gasteiger partial charge in [-0.3, -0.25) is 4.79 Å². The van der Waals surface area contributed by atoms with Gasteiger partial charge in [0.05, 0.1) is 0 Å². The zero-order chi connectivity index (χ0) is 16.9. The van der Waals surface area contributed by atoms with Gasteiger partial charge in [-0.25, -0.2) is 0 Å². The lowest BCUT2D eigenvalue weighted by atomic mass is 9.50. The molecule has 0 radical (unpaired) electrons. The Labute approximate surface area is 146 Å². The normalized spacial score (nSPS) is 46.8. The monoisotopic (exact) mass is 326 g/mol. The molecular weight excluding hydrogens is 296 g/mol. The van der Waals surface area contributed by atoms with Crippen LogP contribution in [-0.4, -0.2) is 11.6 Å². The van der Waals surface area contributed by atoms with Crippen molar-refractivity contribution in [3.05, 3.63) is 11.6 Å². The number of hydrogen-bond acceptors (Lipinski definition) is 2. The average Bonchev–Trinajstić information content (AvgIpc) is 2.87. The predicted octanol–water partition coefficient (Wildman–Crippen LogP) is 4.88. The van der Waals surface area contributed by atoms with Crippen molar-refractivity contribution in [2.45, 2.75) is 77.2 Å². The highest BCUT2D eigenvalue weighted by molar-refractivity contribution is 5.67. The van der Waals surface area contributed by atoms with Crippen LogP contribution in [0.3, 0.4) is 0 Å². The maximum absolute atomic E-state index is 11.7. The predicted molar refractivity (Wildman–Crippen MR) is 95.0 cm³/mol. The molecule has 0 N–H and O–H groups in total. The molecule has 0 spiro atoms. The Kier molecular flexibility index (Phi) is 3.83. The molecule has 4 aliphatic rings. The van der Waals surface area contributed by atoms with Gasteiger partial charge in [0.1, 0.15) is 0 Å². The van der Waals surface area contributed by atoms with E-state index >= 15 is 0 Å². The van der Waals surface area contributed by atoms with Gasteiger partial charge in [-0.05, 0) is 81.5 Å². The fourth-order valence-corrected chi connectivity index (χ4v) is 6.98. The maximum Gasteiger partial charge on any atom is 0.304 e. The standard InChI is InChI=1S/C22H30O2/c1-4-22(24-15(2)23)14-12-20-19-10-9-16-7-5-6-8-17(16)18(19)11-13-21(20,22)3/h1,7,17-20H,5-6,8-14H2,2-3H3/t17-,18+,19+,20-,21-,22-/m0/s1. The Hall–Kier alpha value is -1.23. The Morgan fingerprint density at radius 1 is 1.25 bits per heavy atom. The fourth-order valence-electron chi connectivity index (χ4n) is 6.98. The van der Waals surface area contributed by atoms with Crippen molar-refractivity contribution in [3.63, 3.8) is 0 Å². The molecule has 4 rings (SSSR count). The van der Waals surface area contributed by atoms with Crippen molar-refractivity contribution in [2.24, 2.45) is 29.1 Å². The highest BCUT2D eigenvalue weighted by Gasteiger charge is 2.64. The number of carbonyl (C=O) groups is 1. The molecule has 4 aliphatic carbocycles. The topological polar surface area (TPSA) is 26.3 Å². The number of ether oxygens (including phenoxy) is 1. The van der Waals surface area contributed by atoms with E-state index in [1.165, 1.54) is 45.4 Å². The molecule has 2 heteroatoms. The van der Waals surface area contributed by atoms with Crippen LogP contribution in [0.25, 0.3) is 0 Å². The van der Waals surface area contributed by atoms with Crippen molar-refractivity contribution in [3.8, 4) is 12.3 Å². The molecule has 130 valence electrons. The van der Waals surface area contributed by atoms with E-state index in [0.717, 1.165) is 37.0 Å². The van der Waals surface area contributed by atoms with Crippen LogP contribution in [0.1, 0.15) is 71.6 Å². The van der Waals surface area contributed by atoms with E-state index in [-0.39, 0.29) is 11.4 Å². The van der Waals surface area contributed by atoms with Gasteiger partial charge in [-0.1, -0.05) is 24.5 Å². The van der Waals surface area contributed by atoms with E-state index < -0.39 is 5.60 Å². The van der Waals surface area contributed by atoms with Gasteiger partial charge in [-0.2, -0.15) is 0 Å². The van der Waals surface area contributed by atoms with Crippen molar-refractivity contribution < 1.29 is 9.53 Å². The van der Waals surface area contributed by atoms with E-state index in [1.807, 2.05) is 0 Å². The minimum atomic E-state index is -0.669. The van der Waals surface area contributed by atoms with Crippen molar-refractivity contribution in [2.75, 3.05) is 0 Å². The lowest BCUT2D eigenvalue weighted by Crippen LogP contribution is -2.53. The lowest BCUT2D eigenvalue weighted by Gasteiger charge is -2.55. The molecule has 0 aromatic rings. The van der Waals surface area contributed by atoms with Crippen LogP contribution in [0, 0.1) is 41.4 Å². The quantitative estimate of drug-likeness (QED) is 0.390. The zero-order valence-electron chi connectivity index (χ0n) is 15.1. The summed E-state index contributed by atoms with van der Waals surface area (Å²) in [6, 6.07) is 0. The van der Waals surface area contributed by atoms with Crippen molar-refractivity contribution in [1.82, 2.24) is 0 Å². The molecule has 3 fully saturated rings. The van der Waals surface area contributed by atoms with Crippen LogP contribution in [0.2, 0.25) is 0 Å². The third-order valence-electron chi connectivity index (χ3n) is 8.05. The molecule has 0 bridgehead atoms. The number of rotatable bonds is 1. The summed E-state index contributed by atoms with van der Waals surface area (Å²) < 4.78 is 5.82. The molecule has 24 heavy (non-hydrogen) atoms. The highest BCUT2D eigenvalue weighted by Crippen LogP contribution is 2.65. The number of fused-ring (bicyclic) bond motifs is 5. The summed E-state index contributed by atoms with van der Waals surface area (Å²) in [4.78, 5) is 11.7. The molecule has 3 saturated carbocycles. The molecule has 0 heterocycles. The molecule has 0 saturated heterocycles. The highest BCUT2D eigenvalue weighted by atomic mass is 16.6. The van der Waals surface area contributed by atoms with E-state index in [1.54, 1.807) is 5.57 Å². The summed E-state index contributed by atoms with van der Waals surface area (Å²) in [5.74, 6) is 5.79. The first kappa shape index (κ1) is 16.2. The van der Waals surface area contributed by atoms with E-state index in [0.29, 0.717) is 5.92 Å². The van der Waals surface area contributed by atoms with Gasteiger partial charge in [0.2, 0.25) is 0 Å². The van der Waals surface area contributed by atoms with E-state index in [2.05, 4.69) is 18.9 Å². The first-order valence-corrected chi connectivity index (χ1v) is 9.87. The summed E-state index contributed by atoms with van der Waals surface area (Å²) in [7, 11) is 0. The SMILES string of the molecule is C#C[C@]1(OC(C)=O)CC[C@H]2[C@@H]3CCC4=CCCC[C@@H]4[C@H]3CC[C@@]21C. The van der Waals surface area contributed by atoms with Crippen LogP contribution in [0.15, 0.2) is 11.6 Å². The molecule has 2 nitrogen and oxygen atoms in total. The number of allylic oxidation sites excluding steroid dienone is 2. The molecule has 0 aromatic heterocycles. The zero-order valence-corrected chi connectivity index (χ0v) is 15.1. The summed E-state index contributed by atoms with van der Waals surface area (Å²) in [6.45, 7) is 3.82. The van der Waals surface area contributed by atoms with Gasteiger partial charge < -0.3 is 4.74 Å². The largest absolute Gasteiger partial charge is 0.445 e. The Bertz CT molecular complexity index is 612. The van der Waals surface area contributed by atoms with Gasteiger partial charge in [0.15, 0.2) is 5.60 Å². The second kappa shape index (κ2) is 5.65. The van der Waals surface area contributed by atoms with Crippen LogP contribution in [0.4, 0.5) is 0 Å². The number of carbonyl (C=O) groups excluding carboxylic acids is 1. The Morgan fingerprint density at radius 3 is 2.83 bits per heavy atom. The average molecular weight is 326 g/mol. The maximum atomic E-state index is 11.7. The molecule has 0 aromatic carbocycles. The van der Waals surface area contributed by atoms with Crippen LogP contribution < -0.4 is 0 Å². The Balaban J connectivity index is 1.65.